The summed E-state index contributed by atoms with van der Waals surface area (Å²) in [5.74, 6) is 0.0124. The van der Waals surface area contributed by atoms with Crippen LogP contribution in [0, 0.1) is 0 Å². The van der Waals surface area contributed by atoms with Crippen LogP contribution in [0.5, 0.6) is 0 Å². The van der Waals surface area contributed by atoms with Gasteiger partial charge in [0, 0.05) is 18.8 Å². The van der Waals surface area contributed by atoms with Gasteiger partial charge in [-0.3, -0.25) is 9.69 Å². The zero-order valence-corrected chi connectivity index (χ0v) is 10.1. The zero-order chi connectivity index (χ0) is 12.3. The van der Waals surface area contributed by atoms with E-state index in [1.807, 2.05) is 49.4 Å². The Kier molecular flexibility index (Phi) is 3.24. The summed E-state index contributed by atoms with van der Waals surface area (Å²) in [5.41, 5.74) is 0.898. The normalized spacial score (nSPS) is 10.9. The van der Waals surface area contributed by atoms with E-state index in [2.05, 4.69) is 6.07 Å². The Morgan fingerprint density at radius 2 is 1.82 bits per heavy atom. The average Bonchev–Trinajstić information content (AvgIpc) is 2.35. The highest BCUT2D eigenvalue weighted by Crippen LogP contribution is 2.22. The van der Waals surface area contributed by atoms with Gasteiger partial charge in [-0.25, -0.2) is 0 Å². The summed E-state index contributed by atoms with van der Waals surface area (Å²) in [6.07, 6.45) is 3.64. The topological polar surface area (TPSA) is 20.3 Å². The van der Waals surface area contributed by atoms with E-state index < -0.39 is 0 Å². The van der Waals surface area contributed by atoms with Crippen molar-refractivity contribution in [3.05, 3.63) is 54.7 Å². The van der Waals surface area contributed by atoms with Gasteiger partial charge >= 0.3 is 0 Å². The number of hydrogen-bond donors (Lipinski definition) is 0. The summed E-state index contributed by atoms with van der Waals surface area (Å²) >= 11 is 0. The molecule has 0 heterocycles. The summed E-state index contributed by atoms with van der Waals surface area (Å²) in [4.78, 5) is 13.2. The molecule has 2 nitrogen and oxygen atoms in total. The van der Waals surface area contributed by atoms with Gasteiger partial charge in [0.1, 0.15) is 0 Å². The van der Waals surface area contributed by atoms with E-state index in [0.717, 1.165) is 11.1 Å². The van der Waals surface area contributed by atoms with Crippen molar-refractivity contribution in [2.75, 3.05) is 4.90 Å². The van der Waals surface area contributed by atoms with E-state index in [1.54, 1.807) is 18.0 Å². The number of carbonyl (C=O) groups is 1. The molecule has 2 aromatic rings. The van der Waals surface area contributed by atoms with Crippen LogP contribution in [0.3, 0.4) is 0 Å². The zero-order valence-electron chi connectivity index (χ0n) is 10.1. The largest absolute Gasteiger partial charge is 0.288 e. The highest BCUT2D eigenvalue weighted by molar-refractivity contribution is 5.96. The van der Waals surface area contributed by atoms with Gasteiger partial charge in [-0.1, -0.05) is 36.4 Å². The Morgan fingerprint density at radius 1 is 1.12 bits per heavy atom. The molecule has 0 bridgehead atoms. The summed E-state index contributed by atoms with van der Waals surface area (Å²) in [6, 6.07) is 14.1. The molecule has 0 atom stereocenters. The molecule has 0 N–H and O–H groups in total. The molecule has 17 heavy (non-hydrogen) atoms. The van der Waals surface area contributed by atoms with E-state index in [9.17, 15) is 4.79 Å². The molecule has 0 radical (unpaired) electrons. The van der Waals surface area contributed by atoms with Crippen molar-refractivity contribution in [2.24, 2.45) is 0 Å². The standard InChI is InChI=1S/C15H15NO/c1-3-10-16(12(2)17)15-9-8-13-6-4-5-7-14(13)11-15/h3-11H,1-2H3/b10-3+. The first-order valence-electron chi connectivity index (χ1n) is 5.64. The number of allylic oxidation sites excluding steroid dienone is 1. The maximum absolute atomic E-state index is 11.5. The first-order chi connectivity index (χ1) is 8.22. The van der Waals surface area contributed by atoms with Gasteiger partial charge in [0.05, 0.1) is 0 Å². The van der Waals surface area contributed by atoms with Crippen molar-refractivity contribution < 1.29 is 4.79 Å². The van der Waals surface area contributed by atoms with Gasteiger partial charge in [0.2, 0.25) is 5.91 Å². The van der Waals surface area contributed by atoms with Gasteiger partial charge in [-0.2, -0.15) is 0 Å². The van der Waals surface area contributed by atoms with Crippen LogP contribution in [0.1, 0.15) is 13.8 Å². The molecule has 86 valence electrons. The van der Waals surface area contributed by atoms with Gasteiger partial charge in [0.15, 0.2) is 0 Å². The highest BCUT2D eigenvalue weighted by Gasteiger charge is 2.07. The van der Waals surface area contributed by atoms with E-state index >= 15 is 0 Å². The predicted molar refractivity (Wildman–Crippen MR) is 71.9 cm³/mol. The molecule has 0 saturated carbocycles. The lowest BCUT2D eigenvalue weighted by Gasteiger charge is -2.16. The van der Waals surface area contributed by atoms with E-state index in [4.69, 9.17) is 0 Å². The SMILES string of the molecule is C/C=C/N(C(C)=O)c1ccc2ccccc2c1. The van der Waals surface area contributed by atoms with Crippen LogP contribution < -0.4 is 4.90 Å². The van der Waals surface area contributed by atoms with E-state index in [-0.39, 0.29) is 5.91 Å². The predicted octanol–water partition coefficient (Wildman–Crippen LogP) is 3.73. The third-order valence-corrected chi connectivity index (χ3v) is 2.65. The third-order valence-electron chi connectivity index (χ3n) is 2.65. The fraction of sp³-hybridized carbons (Fsp3) is 0.133. The number of nitrogens with zero attached hydrogens (tertiary/aromatic N) is 1. The fourth-order valence-corrected chi connectivity index (χ4v) is 1.85. The Bertz CT molecular complexity index is 572. The van der Waals surface area contributed by atoms with E-state index in [1.165, 1.54) is 5.39 Å². The van der Waals surface area contributed by atoms with Gasteiger partial charge < -0.3 is 0 Å². The minimum Gasteiger partial charge on any atom is -0.288 e. The lowest BCUT2D eigenvalue weighted by atomic mass is 10.1. The maximum Gasteiger partial charge on any atom is 0.227 e. The van der Waals surface area contributed by atoms with Crippen molar-refractivity contribution in [3.63, 3.8) is 0 Å². The second-order valence-electron chi connectivity index (χ2n) is 3.90. The lowest BCUT2D eigenvalue weighted by molar-refractivity contribution is -0.116. The second kappa shape index (κ2) is 4.83. The number of amides is 1. The molecule has 2 heteroatoms. The van der Waals surface area contributed by atoms with Crippen molar-refractivity contribution in [3.8, 4) is 0 Å². The molecule has 0 unspecified atom stereocenters. The Balaban J connectivity index is 2.51. The molecule has 0 saturated heterocycles. The van der Waals surface area contributed by atoms with Crippen molar-refractivity contribution in [2.45, 2.75) is 13.8 Å². The van der Waals surface area contributed by atoms with Gasteiger partial charge in [-0.05, 0) is 29.8 Å². The summed E-state index contributed by atoms with van der Waals surface area (Å²) in [7, 11) is 0. The number of hydrogen-bond acceptors (Lipinski definition) is 1. The van der Waals surface area contributed by atoms with Crippen LogP contribution in [0.4, 0.5) is 5.69 Å². The third kappa shape index (κ3) is 2.36. The number of fused-ring (bicyclic) bond motifs is 1. The summed E-state index contributed by atoms with van der Waals surface area (Å²) < 4.78 is 0. The van der Waals surface area contributed by atoms with Gasteiger partial charge in [0.25, 0.3) is 0 Å². The van der Waals surface area contributed by atoms with Crippen molar-refractivity contribution in [1.29, 1.82) is 0 Å². The Hall–Kier alpha value is -2.09. The van der Waals surface area contributed by atoms with Gasteiger partial charge in [-0.15, -0.1) is 0 Å². The minimum absolute atomic E-state index is 0.0124. The first kappa shape index (κ1) is 11.4. The first-order valence-corrected chi connectivity index (χ1v) is 5.64. The molecule has 0 aromatic heterocycles. The average molecular weight is 225 g/mol. The minimum atomic E-state index is 0.0124. The van der Waals surface area contributed by atoms with Crippen molar-refractivity contribution >= 4 is 22.4 Å². The highest BCUT2D eigenvalue weighted by atomic mass is 16.2. The Labute approximate surface area is 101 Å². The molecule has 0 aliphatic heterocycles. The lowest BCUT2D eigenvalue weighted by Crippen LogP contribution is -2.21. The van der Waals surface area contributed by atoms with Crippen LogP contribution in [0.15, 0.2) is 54.7 Å². The molecule has 2 aromatic carbocycles. The Morgan fingerprint density at radius 3 is 2.47 bits per heavy atom. The maximum atomic E-state index is 11.5. The monoisotopic (exact) mass is 225 g/mol. The number of benzene rings is 2. The van der Waals surface area contributed by atoms with Crippen LogP contribution in [-0.4, -0.2) is 5.91 Å². The van der Waals surface area contributed by atoms with Crippen LogP contribution in [0.2, 0.25) is 0 Å². The smallest absolute Gasteiger partial charge is 0.227 e. The molecular formula is C15H15NO. The van der Waals surface area contributed by atoms with Crippen LogP contribution in [0.25, 0.3) is 10.8 Å². The van der Waals surface area contributed by atoms with Crippen molar-refractivity contribution in [1.82, 2.24) is 0 Å². The quantitative estimate of drug-likeness (QED) is 0.762. The number of carbonyl (C=O) groups excluding carboxylic acids is 1. The second-order valence-corrected chi connectivity index (χ2v) is 3.90. The molecule has 0 aliphatic carbocycles. The summed E-state index contributed by atoms with van der Waals surface area (Å²) in [6.45, 7) is 3.46. The van der Waals surface area contributed by atoms with Crippen LogP contribution in [-0.2, 0) is 4.79 Å². The van der Waals surface area contributed by atoms with Crippen LogP contribution >= 0.6 is 0 Å². The van der Waals surface area contributed by atoms with E-state index in [0.29, 0.717) is 0 Å². The molecule has 1 amide bonds. The molecule has 0 aliphatic rings. The number of anilines is 1. The number of rotatable bonds is 2. The molecule has 0 fully saturated rings. The molecule has 2 rings (SSSR count). The molecular weight excluding hydrogens is 210 g/mol. The fourth-order valence-electron chi connectivity index (χ4n) is 1.85. The summed E-state index contributed by atoms with van der Waals surface area (Å²) in [5, 5.41) is 2.32. The molecule has 0 spiro atoms.